The monoisotopic (exact) mass is 256 g/mol. The third-order valence-corrected chi connectivity index (χ3v) is 2.82. The van der Waals surface area contributed by atoms with Crippen LogP contribution in [-0.4, -0.2) is 26.8 Å². The minimum atomic E-state index is -0.650. The van der Waals surface area contributed by atoms with Gasteiger partial charge in [-0.1, -0.05) is 11.2 Å². The first kappa shape index (κ1) is 11.8. The Labute approximate surface area is 108 Å². The lowest BCUT2D eigenvalue weighted by Gasteiger charge is -1.99. The molecule has 3 aromatic rings. The van der Waals surface area contributed by atoms with Crippen LogP contribution in [0.5, 0.6) is 0 Å². The van der Waals surface area contributed by atoms with Crippen molar-refractivity contribution in [2.45, 2.75) is 6.04 Å². The number of nitrogens with zero attached hydrogens (tertiary/aromatic N) is 3. The minimum absolute atomic E-state index is 0.226. The van der Waals surface area contributed by atoms with E-state index in [9.17, 15) is 0 Å². The fourth-order valence-corrected chi connectivity index (χ4v) is 1.80. The number of hydrogen-bond donors (Lipinski definition) is 2. The molecule has 1 aromatic carbocycles. The molecular formula is C13H12N4O2. The third kappa shape index (κ3) is 2.18. The van der Waals surface area contributed by atoms with Crippen LogP contribution in [-0.2, 0) is 0 Å². The molecule has 0 aliphatic rings. The fourth-order valence-electron chi connectivity index (χ4n) is 1.80. The molecule has 0 spiro atoms. The zero-order chi connectivity index (χ0) is 13.2. The number of nitrogens with two attached hydrogens (primary N) is 1. The molecule has 0 aliphatic heterocycles. The number of aliphatic hydroxyl groups is 1. The van der Waals surface area contributed by atoms with E-state index in [-0.39, 0.29) is 12.5 Å². The van der Waals surface area contributed by atoms with E-state index < -0.39 is 6.04 Å². The molecule has 2 aromatic heterocycles. The van der Waals surface area contributed by atoms with Crippen molar-refractivity contribution in [2.75, 3.05) is 6.61 Å². The Bertz CT molecular complexity index is 710. The quantitative estimate of drug-likeness (QED) is 0.732. The Hall–Kier alpha value is -2.31. The van der Waals surface area contributed by atoms with Gasteiger partial charge in [-0.25, -0.2) is 0 Å². The molecule has 0 amide bonds. The van der Waals surface area contributed by atoms with Gasteiger partial charge in [0.15, 0.2) is 0 Å². The molecule has 0 saturated heterocycles. The SMILES string of the molecule is N[C@H](CO)c1nc(-c2ccc3ncccc3c2)no1. The first-order valence-corrected chi connectivity index (χ1v) is 5.83. The van der Waals surface area contributed by atoms with Crippen molar-refractivity contribution in [3.63, 3.8) is 0 Å². The van der Waals surface area contributed by atoms with E-state index in [1.165, 1.54) is 0 Å². The molecule has 6 heteroatoms. The second-order valence-corrected chi connectivity index (χ2v) is 4.16. The Balaban J connectivity index is 2.01. The molecule has 19 heavy (non-hydrogen) atoms. The van der Waals surface area contributed by atoms with E-state index in [1.54, 1.807) is 6.20 Å². The van der Waals surface area contributed by atoms with Crippen LogP contribution in [0.15, 0.2) is 41.1 Å². The first-order valence-electron chi connectivity index (χ1n) is 5.83. The van der Waals surface area contributed by atoms with Gasteiger partial charge in [-0.2, -0.15) is 4.98 Å². The van der Waals surface area contributed by atoms with Gasteiger partial charge >= 0.3 is 0 Å². The fraction of sp³-hybridized carbons (Fsp3) is 0.154. The molecule has 0 bridgehead atoms. The zero-order valence-corrected chi connectivity index (χ0v) is 10.0. The highest BCUT2D eigenvalue weighted by Gasteiger charge is 2.14. The molecule has 2 heterocycles. The maximum atomic E-state index is 8.95. The van der Waals surface area contributed by atoms with Crippen molar-refractivity contribution in [3.8, 4) is 11.4 Å². The maximum Gasteiger partial charge on any atom is 0.246 e. The van der Waals surface area contributed by atoms with Gasteiger partial charge < -0.3 is 15.4 Å². The van der Waals surface area contributed by atoms with E-state index in [4.69, 9.17) is 15.4 Å². The summed E-state index contributed by atoms with van der Waals surface area (Å²) in [5.74, 6) is 0.674. The summed E-state index contributed by atoms with van der Waals surface area (Å²) in [6.07, 6.45) is 1.74. The molecule has 0 radical (unpaired) electrons. The zero-order valence-electron chi connectivity index (χ0n) is 10.0. The highest BCUT2D eigenvalue weighted by molar-refractivity contribution is 5.82. The Morgan fingerprint density at radius 1 is 1.32 bits per heavy atom. The topological polar surface area (TPSA) is 98.1 Å². The Kier molecular flexibility index (Phi) is 2.94. The predicted molar refractivity (Wildman–Crippen MR) is 69.0 cm³/mol. The molecule has 0 unspecified atom stereocenters. The summed E-state index contributed by atoms with van der Waals surface area (Å²) in [6.45, 7) is -0.233. The van der Waals surface area contributed by atoms with Crippen molar-refractivity contribution < 1.29 is 9.63 Å². The average molecular weight is 256 g/mol. The van der Waals surface area contributed by atoms with E-state index in [0.29, 0.717) is 5.82 Å². The second kappa shape index (κ2) is 4.75. The number of benzene rings is 1. The number of aliphatic hydroxyl groups excluding tert-OH is 1. The molecular weight excluding hydrogens is 244 g/mol. The summed E-state index contributed by atoms with van der Waals surface area (Å²) in [4.78, 5) is 8.42. The van der Waals surface area contributed by atoms with Crippen LogP contribution in [0.25, 0.3) is 22.3 Å². The molecule has 1 atom stereocenters. The number of aromatic nitrogens is 3. The van der Waals surface area contributed by atoms with Crippen LogP contribution in [0.4, 0.5) is 0 Å². The summed E-state index contributed by atoms with van der Waals surface area (Å²) in [6, 6.07) is 8.88. The Morgan fingerprint density at radius 2 is 2.21 bits per heavy atom. The standard InChI is InChI=1S/C13H12N4O2/c14-10(7-18)13-16-12(17-19-13)9-3-4-11-8(6-9)2-1-5-15-11/h1-6,10,18H,7,14H2/t10-/m1/s1. The predicted octanol–water partition coefficient (Wildman–Crippen LogP) is 1.28. The second-order valence-electron chi connectivity index (χ2n) is 4.16. The smallest absolute Gasteiger partial charge is 0.246 e. The number of hydrogen-bond acceptors (Lipinski definition) is 6. The summed E-state index contributed by atoms with van der Waals surface area (Å²) in [7, 11) is 0. The molecule has 96 valence electrons. The molecule has 3 N–H and O–H groups in total. The van der Waals surface area contributed by atoms with Crippen LogP contribution in [0.2, 0.25) is 0 Å². The van der Waals surface area contributed by atoms with Crippen LogP contribution < -0.4 is 5.73 Å². The van der Waals surface area contributed by atoms with Gasteiger partial charge in [-0.3, -0.25) is 4.98 Å². The lowest BCUT2D eigenvalue weighted by atomic mass is 10.1. The average Bonchev–Trinajstić information content (AvgIpc) is 2.95. The van der Waals surface area contributed by atoms with Crippen molar-refractivity contribution >= 4 is 10.9 Å². The molecule has 3 rings (SSSR count). The number of rotatable bonds is 3. The molecule has 0 fully saturated rings. The molecule has 0 aliphatic carbocycles. The van der Waals surface area contributed by atoms with Crippen molar-refractivity contribution in [1.82, 2.24) is 15.1 Å². The van der Waals surface area contributed by atoms with Gasteiger partial charge in [0.25, 0.3) is 0 Å². The largest absolute Gasteiger partial charge is 0.394 e. The van der Waals surface area contributed by atoms with E-state index >= 15 is 0 Å². The van der Waals surface area contributed by atoms with Gasteiger partial charge in [0, 0.05) is 17.1 Å². The van der Waals surface area contributed by atoms with Crippen molar-refractivity contribution in [3.05, 3.63) is 42.4 Å². The summed E-state index contributed by atoms with van der Waals surface area (Å²) in [5.41, 5.74) is 7.34. The lowest BCUT2D eigenvalue weighted by Crippen LogP contribution is -2.14. The first-order chi connectivity index (χ1) is 9.28. The molecule has 0 saturated carbocycles. The summed E-state index contributed by atoms with van der Waals surface area (Å²) < 4.78 is 5.02. The van der Waals surface area contributed by atoms with Gasteiger partial charge in [-0.15, -0.1) is 0 Å². The van der Waals surface area contributed by atoms with Crippen molar-refractivity contribution in [1.29, 1.82) is 0 Å². The van der Waals surface area contributed by atoms with Crippen molar-refractivity contribution in [2.24, 2.45) is 5.73 Å². The van der Waals surface area contributed by atoms with Gasteiger partial charge in [0.1, 0.15) is 6.04 Å². The maximum absolute atomic E-state index is 8.95. The third-order valence-electron chi connectivity index (χ3n) is 2.82. The number of pyridine rings is 1. The van der Waals surface area contributed by atoms with Gasteiger partial charge in [-0.05, 0) is 24.3 Å². The normalized spacial score (nSPS) is 12.7. The molecule has 6 nitrogen and oxygen atoms in total. The van der Waals surface area contributed by atoms with Crippen LogP contribution in [0.1, 0.15) is 11.9 Å². The van der Waals surface area contributed by atoms with Crippen LogP contribution in [0, 0.1) is 0 Å². The van der Waals surface area contributed by atoms with E-state index in [2.05, 4.69) is 15.1 Å². The van der Waals surface area contributed by atoms with E-state index in [1.807, 2.05) is 30.3 Å². The van der Waals surface area contributed by atoms with Gasteiger partial charge in [0.2, 0.25) is 11.7 Å². The highest BCUT2D eigenvalue weighted by Crippen LogP contribution is 2.22. The number of fused-ring (bicyclic) bond motifs is 1. The van der Waals surface area contributed by atoms with Crippen LogP contribution in [0.3, 0.4) is 0 Å². The van der Waals surface area contributed by atoms with Gasteiger partial charge in [0.05, 0.1) is 12.1 Å². The Morgan fingerprint density at radius 3 is 3.05 bits per heavy atom. The summed E-state index contributed by atoms with van der Waals surface area (Å²) in [5, 5.41) is 13.8. The minimum Gasteiger partial charge on any atom is -0.394 e. The summed E-state index contributed by atoms with van der Waals surface area (Å²) >= 11 is 0. The highest BCUT2D eigenvalue weighted by atomic mass is 16.5. The lowest BCUT2D eigenvalue weighted by molar-refractivity contribution is 0.237. The van der Waals surface area contributed by atoms with Crippen LogP contribution >= 0.6 is 0 Å². The van der Waals surface area contributed by atoms with E-state index in [0.717, 1.165) is 16.5 Å².